The predicted octanol–water partition coefficient (Wildman–Crippen LogP) is 2.24. The van der Waals surface area contributed by atoms with Gasteiger partial charge < -0.3 is 5.11 Å². The van der Waals surface area contributed by atoms with E-state index in [0.717, 1.165) is 12.1 Å². The maximum absolute atomic E-state index is 13.1. The number of benzene rings is 1. The summed E-state index contributed by atoms with van der Waals surface area (Å²) in [6, 6.07) is 4.91. The molecule has 0 aliphatic carbocycles. The minimum Gasteiger partial charge on any atom is -0.395 e. The summed E-state index contributed by atoms with van der Waals surface area (Å²) in [5.74, 6) is 0.298. The number of aliphatic hydroxyl groups excluding tert-OH is 1. The van der Waals surface area contributed by atoms with Crippen LogP contribution in [0.25, 0.3) is 0 Å². The fourth-order valence-corrected chi connectivity index (χ4v) is 2.91. The summed E-state index contributed by atoms with van der Waals surface area (Å²) >= 11 is 0. The zero-order valence-corrected chi connectivity index (χ0v) is 14.4. The molecule has 0 saturated carbocycles. The normalized spacial score (nSPS) is 15.2. The number of β-amino-alcohol motifs (C(OH)–C–C–N with tert-alkyl or cyclic N) is 1. The molecule has 1 aliphatic rings. The SMILES string of the molecule is Cc1nc2n(c(=O)c1C)CN(CCO)CN2c1cccc(C(F)(F)F)c1. The van der Waals surface area contributed by atoms with Gasteiger partial charge >= 0.3 is 6.18 Å². The highest BCUT2D eigenvalue weighted by atomic mass is 19.4. The summed E-state index contributed by atoms with van der Waals surface area (Å²) in [6.45, 7) is 3.96. The highest BCUT2D eigenvalue weighted by molar-refractivity contribution is 5.59. The molecule has 26 heavy (non-hydrogen) atoms. The number of nitrogens with zero attached hydrogens (tertiary/aromatic N) is 4. The van der Waals surface area contributed by atoms with Gasteiger partial charge in [-0.05, 0) is 32.0 Å². The third-order valence-electron chi connectivity index (χ3n) is 4.44. The van der Waals surface area contributed by atoms with Gasteiger partial charge in [0.2, 0.25) is 5.95 Å². The lowest BCUT2D eigenvalue weighted by molar-refractivity contribution is -0.137. The zero-order chi connectivity index (χ0) is 19.1. The van der Waals surface area contributed by atoms with Crippen molar-refractivity contribution in [1.82, 2.24) is 14.5 Å². The number of fused-ring (bicyclic) bond motifs is 1. The smallest absolute Gasteiger partial charge is 0.395 e. The highest BCUT2D eigenvalue weighted by Gasteiger charge is 2.32. The number of alkyl halides is 3. The number of aromatic nitrogens is 2. The van der Waals surface area contributed by atoms with Crippen LogP contribution in [0.5, 0.6) is 0 Å². The van der Waals surface area contributed by atoms with Gasteiger partial charge in [-0.25, -0.2) is 4.98 Å². The van der Waals surface area contributed by atoms with Crippen LogP contribution in [0, 0.1) is 13.8 Å². The molecule has 1 aromatic heterocycles. The molecule has 1 aliphatic heterocycles. The van der Waals surface area contributed by atoms with Gasteiger partial charge in [0.15, 0.2) is 0 Å². The third kappa shape index (κ3) is 3.32. The summed E-state index contributed by atoms with van der Waals surface area (Å²) in [7, 11) is 0. The van der Waals surface area contributed by atoms with Crippen LogP contribution in [0.1, 0.15) is 16.8 Å². The second-order valence-corrected chi connectivity index (χ2v) is 6.23. The van der Waals surface area contributed by atoms with E-state index in [9.17, 15) is 23.1 Å². The summed E-state index contributed by atoms with van der Waals surface area (Å²) in [6.07, 6.45) is -4.47. The van der Waals surface area contributed by atoms with Crippen molar-refractivity contribution in [2.45, 2.75) is 26.7 Å². The first-order chi connectivity index (χ1) is 12.2. The lowest BCUT2D eigenvalue weighted by atomic mass is 10.2. The minimum atomic E-state index is -4.47. The molecule has 2 heterocycles. The quantitative estimate of drug-likeness (QED) is 0.900. The molecule has 0 spiro atoms. The first-order valence-corrected chi connectivity index (χ1v) is 8.08. The number of halogens is 3. The monoisotopic (exact) mass is 368 g/mol. The Bertz CT molecular complexity index is 879. The maximum atomic E-state index is 13.1. The van der Waals surface area contributed by atoms with Crippen LogP contribution in [-0.4, -0.2) is 39.4 Å². The standard InChI is InChI=1S/C17H19F3N4O2/c1-11-12(2)21-16-23(9-22(6-7-25)10-24(16)15(11)26)14-5-3-4-13(8-14)17(18,19)20/h3-5,8,25H,6-7,9-10H2,1-2H3. The van der Waals surface area contributed by atoms with Crippen molar-refractivity contribution in [3.8, 4) is 0 Å². The lowest BCUT2D eigenvalue weighted by Crippen LogP contribution is -2.48. The summed E-state index contributed by atoms with van der Waals surface area (Å²) in [4.78, 5) is 20.4. The Labute approximate surface area is 148 Å². The Morgan fingerprint density at radius 1 is 1.23 bits per heavy atom. The van der Waals surface area contributed by atoms with Crippen molar-refractivity contribution in [2.24, 2.45) is 0 Å². The number of aliphatic hydroxyl groups is 1. The van der Waals surface area contributed by atoms with Crippen molar-refractivity contribution in [3.05, 3.63) is 51.4 Å². The first kappa shape index (κ1) is 18.4. The molecule has 3 rings (SSSR count). The van der Waals surface area contributed by atoms with Gasteiger partial charge in [-0.15, -0.1) is 0 Å². The maximum Gasteiger partial charge on any atom is 0.416 e. The van der Waals surface area contributed by atoms with Crippen LogP contribution >= 0.6 is 0 Å². The largest absolute Gasteiger partial charge is 0.416 e. The van der Waals surface area contributed by atoms with Crippen LogP contribution < -0.4 is 10.5 Å². The molecular weight excluding hydrogens is 349 g/mol. The fourth-order valence-electron chi connectivity index (χ4n) is 2.91. The van der Waals surface area contributed by atoms with Crippen molar-refractivity contribution < 1.29 is 18.3 Å². The number of rotatable bonds is 3. The topological polar surface area (TPSA) is 61.6 Å². The molecule has 0 saturated heterocycles. The van der Waals surface area contributed by atoms with Gasteiger partial charge in [-0.1, -0.05) is 6.07 Å². The van der Waals surface area contributed by atoms with Crippen LogP contribution in [0.3, 0.4) is 0 Å². The number of hydrogen-bond acceptors (Lipinski definition) is 5. The van der Waals surface area contributed by atoms with E-state index in [4.69, 9.17) is 0 Å². The second-order valence-electron chi connectivity index (χ2n) is 6.23. The van der Waals surface area contributed by atoms with Gasteiger partial charge in [0.1, 0.15) is 0 Å². The summed E-state index contributed by atoms with van der Waals surface area (Å²) in [5.41, 5.74) is 0.294. The van der Waals surface area contributed by atoms with Crippen LogP contribution in [0.2, 0.25) is 0 Å². The molecule has 0 radical (unpaired) electrons. The molecule has 0 fully saturated rings. The van der Waals surface area contributed by atoms with Crippen LogP contribution in [0.4, 0.5) is 24.8 Å². The molecular formula is C17H19F3N4O2. The van der Waals surface area contributed by atoms with Crippen molar-refractivity contribution >= 4 is 11.6 Å². The average molecular weight is 368 g/mol. The van der Waals surface area contributed by atoms with Crippen molar-refractivity contribution in [2.75, 3.05) is 24.7 Å². The Morgan fingerprint density at radius 3 is 2.62 bits per heavy atom. The average Bonchev–Trinajstić information content (AvgIpc) is 2.59. The van der Waals surface area contributed by atoms with E-state index in [1.54, 1.807) is 29.7 Å². The van der Waals surface area contributed by atoms with E-state index in [0.29, 0.717) is 17.2 Å². The van der Waals surface area contributed by atoms with E-state index in [2.05, 4.69) is 4.98 Å². The van der Waals surface area contributed by atoms with Gasteiger partial charge in [-0.3, -0.25) is 19.2 Å². The molecule has 9 heteroatoms. The van der Waals surface area contributed by atoms with Gasteiger partial charge in [0.25, 0.3) is 5.56 Å². The predicted molar refractivity (Wildman–Crippen MR) is 90.2 cm³/mol. The Hall–Kier alpha value is -2.39. The van der Waals surface area contributed by atoms with E-state index >= 15 is 0 Å². The highest BCUT2D eigenvalue weighted by Crippen LogP contribution is 2.34. The van der Waals surface area contributed by atoms with Crippen molar-refractivity contribution in [3.63, 3.8) is 0 Å². The molecule has 1 aromatic carbocycles. The van der Waals surface area contributed by atoms with Crippen LogP contribution in [-0.2, 0) is 12.8 Å². The molecule has 0 bridgehead atoms. The molecule has 1 N–H and O–H groups in total. The molecule has 0 atom stereocenters. The van der Waals surface area contributed by atoms with Gasteiger partial charge in [0.05, 0.1) is 25.5 Å². The number of aryl methyl sites for hydroxylation is 1. The number of anilines is 2. The van der Waals surface area contributed by atoms with E-state index < -0.39 is 11.7 Å². The van der Waals surface area contributed by atoms with Crippen LogP contribution in [0.15, 0.2) is 29.1 Å². The van der Waals surface area contributed by atoms with Gasteiger partial charge in [-0.2, -0.15) is 13.2 Å². The Balaban J connectivity index is 2.14. The summed E-state index contributed by atoms with van der Waals surface area (Å²) in [5, 5.41) is 9.23. The van der Waals surface area contributed by atoms with E-state index in [-0.39, 0.29) is 37.7 Å². The lowest BCUT2D eigenvalue weighted by Gasteiger charge is -2.38. The van der Waals surface area contributed by atoms with Gasteiger partial charge in [0, 0.05) is 23.5 Å². The Morgan fingerprint density at radius 2 is 1.96 bits per heavy atom. The number of hydrogen-bond donors (Lipinski definition) is 1. The fraction of sp³-hybridized carbons (Fsp3) is 0.412. The molecule has 0 amide bonds. The molecule has 140 valence electrons. The second kappa shape index (κ2) is 6.73. The molecule has 0 unspecified atom stereocenters. The zero-order valence-electron chi connectivity index (χ0n) is 14.4. The van der Waals surface area contributed by atoms with Crippen molar-refractivity contribution in [1.29, 1.82) is 0 Å². The summed E-state index contributed by atoms with van der Waals surface area (Å²) < 4.78 is 40.6. The third-order valence-corrected chi connectivity index (χ3v) is 4.44. The first-order valence-electron chi connectivity index (χ1n) is 8.08. The van der Waals surface area contributed by atoms with E-state index in [1.165, 1.54) is 10.6 Å². The van der Waals surface area contributed by atoms with E-state index in [1.807, 2.05) is 0 Å². The molecule has 2 aromatic rings. The Kier molecular flexibility index (Phi) is 4.76. The molecule has 6 nitrogen and oxygen atoms in total. The minimum absolute atomic E-state index is 0.126.